The van der Waals surface area contributed by atoms with Gasteiger partial charge >= 0.3 is 0 Å². The second kappa shape index (κ2) is 6.76. The van der Waals surface area contributed by atoms with Gasteiger partial charge in [0, 0.05) is 15.8 Å². The predicted octanol–water partition coefficient (Wildman–Crippen LogP) is 3.12. The van der Waals surface area contributed by atoms with Gasteiger partial charge in [0.2, 0.25) is 0 Å². The summed E-state index contributed by atoms with van der Waals surface area (Å²) in [4.78, 5) is 0.314. The molecule has 0 bridgehead atoms. The van der Waals surface area contributed by atoms with Crippen LogP contribution in [0.4, 0.5) is 5.69 Å². The van der Waals surface area contributed by atoms with Crippen LogP contribution < -0.4 is 10.0 Å². The summed E-state index contributed by atoms with van der Waals surface area (Å²) in [6.45, 7) is 2.47. The molecule has 6 heteroatoms. The van der Waals surface area contributed by atoms with E-state index in [9.17, 15) is 8.42 Å². The van der Waals surface area contributed by atoms with Gasteiger partial charge in [0.15, 0.2) is 0 Å². The summed E-state index contributed by atoms with van der Waals surface area (Å²) in [6.07, 6.45) is 0. The van der Waals surface area contributed by atoms with Crippen LogP contribution in [0, 0.1) is 10.5 Å². The molecule has 4 nitrogen and oxygen atoms in total. The van der Waals surface area contributed by atoms with Crippen molar-refractivity contribution >= 4 is 38.3 Å². The van der Waals surface area contributed by atoms with Crippen molar-refractivity contribution in [2.24, 2.45) is 0 Å². The van der Waals surface area contributed by atoms with E-state index in [0.717, 1.165) is 14.7 Å². The third kappa shape index (κ3) is 3.96. The molecule has 0 unspecified atom stereocenters. The second-order valence-electron chi connectivity index (χ2n) is 4.69. The van der Waals surface area contributed by atoms with Gasteiger partial charge in [0.1, 0.15) is 0 Å². The first-order chi connectivity index (χ1) is 9.94. The van der Waals surface area contributed by atoms with Crippen molar-refractivity contribution in [3.63, 3.8) is 0 Å². The Bertz CT molecular complexity index is 745. The quantitative estimate of drug-likeness (QED) is 0.737. The third-order valence-electron chi connectivity index (χ3n) is 3.13. The molecule has 2 aromatic carbocycles. The first kappa shape index (κ1) is 16.3. The van der Waals surface area contributed by atoms with Crippen molar-refractivity contribution < 1.29 is 8.42 Å². The first-order valence-electron chi connectivity index (χ1n) is 6.45. The van der Waals surface area contributed by atoms with Crippen molar-refractivity contribution in [1.82, 2.24) is 5.32 Å². The fourth-order valence-corrected chi connectivity index (χ4v) is 3.98. The Kier molecular flexibility index (Phi) is 5.23. The molecule has 0 aromatic heterocycles. The summed E-state index contributed by atoms with van der Waals surface area (Å²) in [5.74, 6) is 0. The van der Waals surface area contributed by atoms with Crippen LogP contribution in [0.2, 0.25) is 0 Å². The van der Waals surface area contributed by atoms with Crippen LogP contribution in [0.25, 0.3) is 0 Å². The second-order valence-corrected chi connectivity index (χ2v) is 7.58. The summed E-state index contributed by atoms with van der Waals surface area (Å²) in [7, 11) is -1.74. The zero-order chi connectivity index (χ0) is 15.5. The van der Waals surface area contributed by atoms with E-state index in [0.29, 0.717) is 17.1 Å². The molecule has 0 aliphatic carbocycles. The van der Waals surface area contributed by atoms with Gasteiger partial charge in [0.05, 0.1) is 4.90 Å². The van der Waals surface area contributed by atoms with Crippen molar-refractivity contribution in [2.45, 2.75) is 18.4 Å². The van der Waals surface area contributed by atoms with Gasteiger partial charge in [-0.1, -0.05) is 18.2 Å². The minimum atomic E-state index is -3.58. The van der Waals surface area contributed by atoms with E-state index in [2.05, 4.69) is 32.6 Å². The molecule has 0 aliphatic heterocycles. The fourth-order valence-electron chi connectivity index (χ4n) is 2.10. The van der Waals surface area contributed by atoms with Gasteiger partial charge in [-0.25, -0.2) is 8.42 Å². The van der Waals surface area contributed by atoms with Gasteiger partial charge < -0.3 is 5.32 Å². The molecule has 0 spiro atoms. The van der Waals surface area contributed by atoms with E-state index >= 15 is 0 Å². The molecule has 0 heterocycles. The molecule has 0 saturated carbocycles. The lowest BCUT2D eigenvalue weighted by Gasteiger charge is -2.13. The highest BCUT2D eigenvalue weighted by Crippen LogP contribution is 2.22. The Labute approximate surface area is 139 Å². The van der Waals surface area contributed by atoms with Gasteiger partial charge in [0.25, 0.3) is 10.0 Å². The Morgan fingerprint density at radius 1 is 1.14 bits per heavy atom. The number of hydrogen-bond donors (Lipinski definition) is 2. The van der Waals surface area contributed by atoms with E-state index < -0.39 is 10.0 Å². The Morgan fingerprint density at radius 2 is 1.86 bits per heavy atom. The van der Waals surface area contributed by atoms with Crippen LogP contribution >= 0.6 is 22.6 Å². The molecule has 0 fully saturated rings. The molecule has 0 atom stereocenters. The molecule has 0 aliphatic rings. The van der Waals surface area contributed by atoms with Crippen LogP contribution in [-0.4, -0.2) is 15.5 Å². The van der Waals surface area contributed by atoms with Crippen LogP contribution in [0.5, 0.6) is 0 Å². The van der Waals surface area contributed by atoms with Gasteiger partial charge in [-0.05, 0) is 72.0 Å². The fraction of sp³-hybridized carbons (Fsp3) is 0.200. The smallest absolute Gasteiger partial charge is 0.262 e. The molecule has 0 amide bonds. The summed E-state index contributed by atoms with van der Waals surface area (Å²) in [5.41, 5.74) is 2.31. The highest BCUT2D eigenvalue weighted by Gasteiger charge is 2.18. The van der Waals surface area contributed by atoms with Crippen molar-refractivity contribution in [2.75, 3.05) is 11.8 Å². The minimum absolute atomic E-state index is 0.314. The largest absolute Gasteiger partial charge is 0.316 e. The molecule has 21 heavy (non-hydrogen) atoms. The van der Waals surface area contributed by atoms with Gasteiger partial charge in [-0.3, -0.25) is 4.72 Å². The molecular weight excluding hydrogens is 399 g/mol. The molecule has 0 saturated heterocycles. The van der Waals surface area contributed by atoms with Crippen molar-refractivity contribution in [1.29, 1.82) is 0 Å². The average molecular weight is 416 g/mol. The number of hydrogen-bond acceptors (Lipinski definition) is 3. The van der Waals surface area contributed by atoms with Crippen LogP contribution in [0.1, 0.15) is 11.1 Å². The highest BCUT2D eigenvalue weighted by atomic mass is 127. The van der Waals surface area contributed by atoms with Crippen LogP contribution in [0.15, 0.2) is 47.4 Å². The number of benzene rings is 2. The molecule has 2 N–H and O–H groups in total. The highest BCUT2D eigenvalue weighted by molar-refractivity contribution is 14.1. The maximum atomic E-state index is 12.6. The SMILES string of the molecule is CNCc1cccc(S(=O)(=O)Nc2cccc(I)c2)c1C. The maximum absolute atomic E-state index is 12.6. The Balaban J connectivity index is 2.38. The summed E-state index contributed by atoms with van der Waals surface area (Å²) < 4.78 is 28.7. The van der Waals surface area contributed by atoms with Crippen molar-refractivity contribution in [3.05, 3.63) is 57.2 Å². The molecular formula is C15H17IN2O2S. The van der Waals surface area contributed by atoms with E-state index in [1.54, 1.807) is 24.3 Å². The summed E-state index contributed by atoms with van der Waals surface area (Å²) in [6, 6.07) is 12.6. The standard InChI is InChI=1S/C15H17IN2O2S/c1-11-12(10-17-2)5-3-8-15(11)21(19,20)18-14-7-4-6-13(16)9-14/h3-9,17-18H,10H2,1-2H3. The van der Waals surface area contributed by atoms with E-state index in [1.165, 1.54) is 0 Å². The molecule has 2 rings (SSSR count). The third-order valence-corrected chi connectivity index (χ3v) is 5.33. The van der Waals surface area contributed by atoms with E-state index in [-0.39, 0.29) is 0 Å². The van der Waals surface area contributed by atoms with Crippen LogP contribution in [0.3, 0.4) is 0 Å². The van der Waals surface area contributed by atoms with Gasteiger partial charge in [-0.2, -0.15) is 0 Å². The minimum Gasteiger partial charge on any atom is -0.316 e. The summed E-state index contributed by atoms with van der Waals surface area (Å²) >= 11 is 2.15. The number of rotatable bonds is 5. The molecule has 2 aromatic rings. The Morgan fingerprint density at radius 3 is 2.52 bits per heavy atom. The topological polar surface area (TPSA) is 58.2 Å². The Hall–Kier alpha value is -1.12. The number of sulfonamides is 1. The number of nitrogens with one attached hydrogen (secondary N) is 2. The lowest BCUT2D eigenvalue weighted by atomic mass is 10.1. The zero-order valence-electron chi connectivity index (χ0n) is 11.9. The lowest BCUT2D eigenvalue weighted by molar-refractivity contribution is 0.600. The molecule has 112 valence electrons. The molecule has 0 radical (unpaired) electrons. The summed E-state index contributed by atoms with van der Waals surface area (Å²) in [5, 5.41) is 3.04. The lowest BCUT2D eigenvalue weighted by Crippen LogP contribution is -2.16. The number of anilines is 1. The van der Waals surface area contributed by atoms with E-state index in [1.807, 2.05) is 32.2 Å². The number of halogens is 1. The van der Waals surface area contributed by atoms with Crippen molar-refractivity contribution in [3.8, 4) is 0 Å². The maximum Gasteiger partial charge on any atom is 0.262 e. The van der Waals surface area contributed by atoms with Gasteiger partial charge in [-0.15, -0.1) is 0 Å². The normalized spacial score (nSPS) is 11.4. The predicted molar refractivity (Wildman–Crippen MR) is 93.9 cm³/mol. The monoisotopic (exact) mass is 416 g/mol. The van der Waals surface area contributed by atoms with Crippen LogP contribution in [-0.2, 0) is 16.6 Å². The average Bonchev–Trinajstić information content (AvgIpc) is 2.40. The zero-order valence-corrected chi connectivity index (χ0v) is 14.8. The van der Waals surface area contributed by atoms with E-state index in [4.69, 9.17) is 0 Å². The first-order valence-corrected chi connectivity index (χ1v) is 9.01.